The van der Waals surface area contributed by atoms with Gasteiger partial charge in [-0.15, -0.1) is 0 Å². The minimum absolute atomic E-state index is 0.0791. The average molecular weight is 480 g/mol. The van der Waals surface area contributed by atoms with Crippen molar-refractivity contribution < 1.29 is 24.2 Å². The van der Waals surface area contributed by atoms with Crippen LogP contribution in [0.2, 0.25) is 0 Å². The summed E-state index contributed by atoms with van der Waals surface area (Å²) < 4.78 is 12.2. The van der Waals surface area contributed by atoms with Crippen molar-refractivity contribution in [2.24, 2.45) is 0 Å². The van der Waals surface area contributed by atoms with E-state index in [4.69, 9.17) is 21.7 Å². The topological polar surface area (TPSA) is 76.1 Å². The van der Waals surface area contributed by atoms with Gasteiger partial charge in [0, 0.05) is 0 Å². The lowest BCUT2D eigenvalue weighted by molar-refractivity contribution is -0.144. The Bertz CT molecular complexity index is 855. The van der Waals surface area contributed by atoms with Crippen LogP contribution in [0.3, 0.4) is 0 Å². The highest BCUT2D eigenvalue weighted by Crippen LogP contribution is 2.36. The number of thioether (sulfide) groups is 1. The molecule has 1 saturated heterocycles. The number of thiocarbonyl (C=S) groups is 1. The fraction of sp³-hybridized carbons (Fsp3) is 0.542. The molecular formula is C24H33NO5S2. The van der Waals surface area contributed by atoms with Gasteiger partial charge in [-0.1, -0.05) is 62.7 Å². The summed E-state index contributed by atoms with van der Waals surface area (Å²) in [6, 6.07) is 4.54. The third-order valence-electron chi connectivity index (χ3n) is 5.18. The van der Waals surface area contributed by atoms with Crippen molar-refractivity contribution in [3.05, 3.63) is 28.7 Å². The Morgan fingerprint density at radius 2 is 1.91 bits per heavy atom. The number of rotatable bonds is 13. The van der Waals surface area contributed by atoms with Crippen molar-refractivity contribution in [2.75, 3.05) is 6.61 Å². The molecule has 8 heteroatoms. The van der Waals surface area contributed by atoms with Crippen molar-refractivity contribution in [1.82, 2.24) is 4.90 Å². The molecule has 1 heterocycles. The second-order valence-electron chi connectivity index (χ2n) is 7.84. The summed E-state index contributed by atoms with van der Waals surface area (Å²) in [5.74, 6) is -0.197. The van der Waals surface area contributed by atoms with Crippen molar-refractivity contribution in [1.29, 1.82) is 0 Å². The van der Waals surface area contributed by atoms with Crippen LogP contribution in [0.15, 0.2) is 23.1 Å². The first-order valence-corrected chi connectivity index (χ1v) is 12.4. The monoisotopic (exact) mass is 479 g/mol. The number of aliphatic carboxylic acids is 1. The molecule has 0 saturated carbocycles. The molecule has 1 N–H and O–H groups in total. The lowest BCUT2D eigenvalue weighted by Gasteiger charge is -2.19. The maximum atomic E-state index is 12.7. The van der Waals surface area contributed by atoms with Crippen LogP contribution < -0.4 is 9.47 Å². The number of nitrogens with zero attached hydrogens (tertiary/aromatic N) is 1. The van der Waals surface area contributed by atoms with Crippen LogP contribution in [0, 0.1) is 0 Å². The van der Waals surface area contributed by atoms with E-state index in [1.165, 1.54) is 32.6 Å². The molecule has 0 spiro atoms. The second-order valence-corrected chi connectivity index (χ2v) is 9.51. The highest BCUT2D eigenvalue weighted by Gasteiger charge is 2.38. The summed E-state index contributed by atoms with van der Waals surface area (Å²) in [7, 11) is 0. The van der Waals surface area contributed by atoms with E-state index in [0.717, 1.165) is 35.1 Å². The maximum Gasteiger partial charge on any atom is 0.326 e. The van der Waals surface area contributed by atoms with Crippen LogP contribution in [0.5, 0.6) is 11.5 Å². The Kier molecular flexibility index (Phi) is 10.5. The molecule has 0 bridgehead atoms. The lowest BCUT2D eigenvalue weighted by atomic mass is 10.1. The zero-order chi connectivity index (χ0) is 23.7. The Balaban J connectivity index is 2.11. The van der Waals surface area contributed by atoms with Crippen molar-refractivity contribution in [3.63, 3.8) is 0 Å². The summed E-state index contributed by atoms with van der Waals surface area (Å²) in [6.45, 7) is 8.12. The van der Waals surface area contributed by atoms with Gasteiger partial charge >= 0.3 is 5.97 Å². The smallest absolute Gasteiger partial charge is 0.326 e. The summed E-state index contributed by atoms with van der Waals surface area (Å²) in [6.07, 6.45) is 8.91. The third kappa shape index (κ3) is 7.24. The summed E-state index contributed by atoms with van der Waals surface area (Å²) in [5, 5.41) is 9.23. The number of benzene rings is 1. The molecule has 1 aromatic carbocycles. The largest absolute Gasteiger partial charge is 0.490 e. The predicted octanol–water partition coefficient (Wildman–Crippen LogP) is 5.89. The summed E-state index contributed by atoms with van der Waals surface area (Å²) in [4.78, 5) is 25.5. The second kappa shape index (κ2) is 12.8. The summed E-state index contributed by atoms with van der Waals surface area (Å²) >= 11 is 6.32. The van der Waals surface area contributed by atoms with Gasteiger partial charge in [-0.2, -0.15) is 0 Å². The fourth-order valence-electron chi connectivity index (χ4n) is 3.37. The third-order valence-corrected chi connectivity index (χ3v) is 6.51. The van der Waals surface area contributed by atoms with Crippen LogP contribution >= 0.6 is 24.0 Å². The van der Waals surface area contributed by atoms with E-state index in [9.17, 15) is 14.7 Å². The van der Waals surface area contributed by atoms with Crippen LogP contribution in [-0.2, 0) is 9.59 Å². The predicted molar refractivity (Wildman–Crippen MR) is 133 cm³/mol. The van der Waals surface area contributed by atoms with Crippen LogP contribution in [0.1, 0.15) is 71.8 Å². The Hall–Kier alpha value is -2.06. The number of carbonyl (C=O) groups is 2. The number of carboxylic acid groups (broad SMARTS) is 1. The van der Waals surface area contributed by atoms with Gasteiger partial charge in [-0.05, 0) is 57.4 Å². The lowest BCUT2D eigenvalue weighted by Crippen LogP contribution is -2.41. The van der Waals surface area contributed by atoms with Gasteiger partial charge in [0.25, 0.3) is 5.91 Å². The molecule has 1 amide bonds. The molecule has 1 aliphatic rings. The first kappa shape index (κ1) is 26.2. The molecule has 0 aliphatic carbocycles. The molecule has 6 nitrogen and oxygen atoms in total. The molecule has 176 valence electrons. The Morgan fingerprint density at radius 1 is 1.19 bits per heavy atom. The number of carbonyl (C=O) groups excluding carboxylic acids is 1. The van der Waals surface area contributed by atoms with Gasteiger partial charge < -0.3 is 14.6 Å². The van der Waals surface area contributed by atoms with Gasteiger partial charge in [0.2, 0.25) is 0 Å². The standard InChI is InChI=1S/C24H33NO5S2/c1-5-7-8-9-10-11-16(3)30-19-13-12-18(14-20(19)29-6-2)15-21-22(26)25(24(31)32-21)17(4)23(27)28/h12-17H,5-11H2,1-4H3,(H,27,28)/b21-15+/t16-,17-/m0/s1. The molecule has 1 aromatic rings. The number of unbranched alkanes of at least 4 members (excludes halogenated alkanes) is 4. The number of ether oxygens (including phenoxy) is 2. The minimum Gasteiger partial charge on any atom is -0.490 e. The molecular weight excluding hydrogens is 446 g/mol. The van der Waals surface area contributed by atoms with Crippen LogP contribution in [-0.4, -0.2) is 45.0 Å². The van der Waals surface area contributed by atoms with Gasteiger partial charge in [0.1, 0.15) is 10.4 Å². The van der Waals surface area contributed by atoms with Crippen molar-refractivity contribution >= 4 is 46.3 Å². The molecule has 0 aromatic heterocycles. The SMILES string of the molecule is CCCCCCC[C@H](C)Oc1ccc(/C=C2/SC(=S)N([C@@H](C)C(=O)O)C2=O)cc1OCC. The van der Waals surface area contributed by atoms with E-state index in [0.29, 0.717) is 23.0 Å². The number of carboxylic acids is 1. The van der Waals surface area contributed by atoms with E-state index in [-0.39, 0.29) is 10.4 Å². The Labute approximate surface area is 200 Å². The van der Waals surface area contributed by atoms with E-state index >= 15 is 0 Å². The zero-order valence-electron chi connectivity index (χ0n) is 19.3. The number of hydrogen-bond acceptors (Lipinski definition) is 6. The van der Waals surface area contributed by atoms with Crippen molar-refractivity contribution in [3.8, 4) is 11.5 Å². The van der Waals surface area contributed by atoms with Gasteiger partial charge in [-0.3, -0.25) is 9.69 Å². The van der Waals surface area contributed by atoms with E-state index in [1.54, 1.807) is 6.08 Å². The average Bonchev–Trinajstić information content (AvgIpc) is 3.02. The molecule has 0 unspecified atom stereocenters. The minimum atomic E-state index is -1.10. The van der Waals surface area contributed by atoms with Gasteiger partial charge in [-0.25, -0.2) is 4.79 Å². The number of hydrogen-bond donors (Lipinski definition) is 1. The normalized spacial score (nSPS) is 17.0. The van der Waals surface area contributed by atoms with Crippen LogP contribution in [0.4, 0.5) is 0 Å². The van der Waals surface area contributed by atoms with E-state index < -0.39 is 17.9 Å². The first-order valence-electron chi connectivity index (χ1n) is 11.2. The quantitative estimate of drug-likeness (QED) is 0.215. The molecule has 2 atom stereocenters. The highest BCUT2D eigenvalue weighted by molar-refractivity contribution is 8.26. The molecule has 1 aliphatic heterocycles. The molecule has 0 radical (unpaired) electrons. The fourth-order valence-corrected chi connectivity index (χ4v) is 4.79. The highest BCUT2D eigenvalue weighted by atomic mass is 32.2. The zero-order valence-corrected chi connectivity index (χ0v) is 20.9. The molecule has 1 fully saturated rings. The van der Waals surface area contributed by atoms with E-state index in [1.807, 2.05) is 25.1 Å². The first-order chi connectivity index (χ1) is 15.3. The molecule has 2 rings (SSSR count). The van der Waals surface area contributed by atoms with Gasteiger partial charge in [0.05, 0.1) is 17.6 Å². The van der Waals surface area contributed by atoms with E-state index in [2.05, 4.69) is 13.8 Å². The number of amides is 1. The Morgan fingerprint density at radius 3 is 2.56 bits per heavy atom. The van der Waals surface area contributed by atoms with Crippen molar-refractivity contribution in [2.45, 2.75) is 78.4 Å². The van der Waals surface area contributed by atoms with Gasteiger partial charge in [0.15, 0.2) is 11.5 Å². The molecule has 32 heavy (non-hydrogen) atoms. The van der Waals surface area contributed by atoms with Crippen LogP contribution in [0.25, 0.3) is 6.08 Å². The summed E-state index contributed by atoms with van der Waals surface area (Å²) in [5.41, 5.74) is 0.761. The maximum absolute atomic E-state index is 12.7.